The summed E-state index contributed by atoms with van der Waals surface area (Å²) in [6.45, 7) is 2.88. The van der Waals surface area contributed by atoms with Crippen molar-refractivity contribution in [1.82, 2.24) is 15.2 Å². The van der Waals surface area contributed by atoms with Crippen LogP contribution in [0.5, 0.6) is 0 Å². The summed E-state index contributed by atoms with van der Waals surface area (Å²) in [6, 6.07) is 3.73. The molecule has 208 valence electrons. The van der Waals surface area contributed by atoms with E-state index in [-0.39, 0.29) is 12.5 Å². The lowest BCUT2D eigenvalue weighted by Crippen LogP contribution is -2.49. The van der Waals surface area contributed by atoms with Gasteiger partial charge in [-0.15, -0.1) is 0 Å². The van der Waals surface area contributed by atoms with Crippen LogP contribution in [0.1, 0.15) is 24.8 Å². The average molecular weight is 546 g/mol. The zero-order valence-electron chi connectivity index (χ0n) is 19.1. The molecule has 1 saturated heterocycles. The fraction of sp³-hybridized carbons (Fsp3) is 0.550. The molecule has 3 heterocycles. The largest absolute Gasteiger partial charge is 0.490 e. The molecule has 17 heteroatoms. The highest BCUT2D eigenvalue weighted by Crippen LogP contribution is 2.33. The number of pyridine rings is 1. The van der Waals surface area contributed by atoms with Crippen LogP contribution in [0.2, 0.25) is 0 Å². The van der Waals surface area contributed by atoms with Gasteiger partial charge in [0.2, 0.25) is 0 Å². The number of amides is 1. The molecule has 1 aromatic heterocycles. The number of carbonyl (C=O) groups is 3. The Morgan fingerprint density at radius 1 is 1.05 bits per heavy atom. The molecule has 4 N–H and O–H groups in total. The zero-order chi connectivity index (χ0) is 28.3. The number of piperidine rings is 1. The topological polar surface area (TPSA) is 162 Å². The van der Waals surface area contributed by atoms with Crippen LogP contribution in [0.15, 0.2) is 29.7 Å². The molecule has 0 saturated carbocycles. The number of rotatable bonds is 5. The van der Waals surface area contributed by atoms with Gasteiger partial charge in [0, 0.05) is 38.4 Å². The number of oxime groups is 1. The van der Waals surface area contributed by atoms with Crippen molar-refractivity contribution in [2.75, 3.05) is 26.2 Å². The summed E-state index contributed by atoms with van der Waals surface area (Å²) in [6.07, 6.45) is -4.37. The zero-order valence-corrected chi connectivity index (χ0v) is 19.1. The lowest BCUT2D eigenvalue weighted by atomic mass is 9.88. The van der Waals surface area contributed by atoms with Crippen molar-refractivity contribution in [1.29, 1.82) is 0 Å². The molecule has 11 nitrogen and oxygen atoms in total. The molecular weight excluding hydrogens is 522 g/mol. The number of carbonyl (C=O) groups excluding carboxylic acids is 1. The summed E-state index contributed by atoms with van der Waals surface area (Å²) in [5, 5.41) is 30.2. The van der Waals surface area contributed by atoms with Crippen LogP contribution in [0.3, 0.4) is 0 Å². The number of nitrogens with zero attached hydrogens (tertiary/aromatic N) is 3. The predicted molar refractivity (Wildman–Crippen MR) is 112 cm³/mol. The molecule has 1 unspecified atom stereocenters. The standard InChI is InChI=1S/C16H22N4O3.2C2HF3O2/c21-9-8-20-7-1-4-16(12-20)10-14(19-23-16)15(22)18-11-13-2-5-17-6-3-13;2*3-2(4,5)1(6)7/h2-3,5-6,21H,1,4,7-12H2,(H,18,22);2*(H,6,7). The number of likely N-dealkylation sites (tertiary alicyclic amines) is 1. The molecule has 0 aliphatic carbocycles. The van der Waals surface area contributed by atoms with Gasteiger partial charge in [0.15, 0.2) is 5.60 Å². The first-order valence-corrected chi connectivity index (χ1v) is 10.5. The number of carboxylic acid groups (broad SMARTS) is 2. The third-order valence-electron chi connectivity index (χ3n) is 4.82. The van der Waals surface area contributed by atoms with Crippen molar-refractivity contribution in [2.45, 2.75) is 43.8 Å². The van der Waals surface area contributed by atoms with Crippen molar-refractivity contribution in [3.8, 4) is 0 Å². The van der Waals surface area contributed by atoms with Gasteiger partial charge in [-0.1, -0.05) is 5.16 Å². The van der Waals surface area contributed by atoms with E-state index in [1.807, 2.05) is 12.1 Å². The van der Waals surface area contributed by atoms with Crippen LogP contribution >= 0.6 is 0 Å². The molecule has 1 spiro atoms. The molecule has 1 aromatic rings. The Morgan fingerprint density at radius 3 is 2.08 bits per heavy atom. The molecule has 1 fully saturated rings. The Balaban J connectivity index is 0.000000404. The van der Waals surface area contributed by atoms with Gasteiger partial charge in [0.1, 0.15) is 5.71 Å². The quantitative estimate of drug-likeness (QED) is 0.402. The summed E-state index contributed by atoms with van der Waals surface area (Å²) < 4.78 is 63.5. The number of nitrogens with one attached hydrogen (secondary N) is 1. The Morgan fingerprint density at radius 2 is 1.59 bits per heavy atom. The number of aliphatic carboxylic acids is 2. The maximum absolute atomic E-state index is 12.3. The highest BCUT2D eigenvalue weighted by atomic mass is 19.4. The van der Waals surface area contributed by atoms with Crippen molar-refractivity contribution in [3.63, 3.8) is 0 Å². The number of halogens is 6. The molecule has 3 rings (SSSR count). The van der Waals surface area contributed by atoms with E-state index in [0.717, 1.165) is 24.9 Å². The molecule has 0 aromatic carbocycles. The third-order valence-corrected chi connectivity index (χ3v) is 4.82. The summed E-state index contributed by atoms with van der Waals surface area (Å²) >= 11 is 0. The molecule has 0 radical (unpaired) electrons. The van der Waals surface area contributed by atoms with Crippen molar-refractivity contribution < 1.29 is 60.9 Å². The second-order valence-corrected chi connectivity index (χ2v) is 7.74. The molecule has 2 aliphatic rings. The summed E-state index contributed by atoms with van der Waals surface area (Å²) in [4.78, 5) is 41.8. The van der Waals surface area contributed by atoms with Gasteiger partial charge in [-0.2, -0.15) is 26.3 Å². The number of carboxylic acids is 2. The van der Waals surface area contributed by atoms with Gasteiger partial charge in [-0.3, -0.25) is 14.7 Å². The van der Waals surface area contributed by atoms with E-state index in [1.54, 1.807) is 12.4 Å². The van der Waals surface area contributed by atoms with Crippen molar-refractivity contribution in [2.24, 2.45) is 5.16 Å². The molecule has 37 heavy (non-hydrogen) atoms. The van der Waals surface area contributed by atoms with E-state index in [2.05, 4.69) is 20.4 Å². The normalized spacial score (nSPS) is 19.4. The summed E-state index contributed by atoms with van der Waals surface area (Å²) in [5.74, 6) is -5.70. The van der Waals surface area contributed by atoms with Gasteiger partial charge < -0.3 is 25.5 Å². The molecule has 2 aliphatic heterocycles. The third kappa shape index (κ3) is 11.4. The Labute approximate surface area is 205 Å². The Bertz CT molecular complexity index is 917. The number of aliphatic hydroxyl groups is 1. The van der Waals surface area contributed by atoms with E-state index in [1.165, 1.54) is 0 Å². The van der Waals surface area contributed by atoms with E-state index in [4.69, 9.17) is 29.7 Å². The van der Waals surface area contributed by atoms with Crippen LogP contribution in [0.4, 0.5) is 26.3 Å². The molecule has 1 atom stereocenters. The minimum absolute atomic E-state index is 0.135. The maximum atomic E-state index is 12.3. The first-order valence-electron chi connectivity index (χ1n) is 10.5. The second-order valence-electron chi connectivity index (χ2n) is 7.74. The first kappa shape index (κ1) is 31.6. The summed E-state index contributed by atoms with van der Waals surface area (Å²) in [7, 11) is 0. The van der Waals surface area contributed by atoms with Gasteiger partial charge in [0.25, 0.3) is 5.91 Å². The van der Waals surface area contributed by atoms with Gasteiger partial charge >= 0.3 is 24.3 Å². The van der Waals surface area contributed by atoms with Crippen LogP contribution < -0.4 is 5.32 Å². The minimum atomic E-state index is -5.08. The summed E-state index contributed by atoms with van der Waals surface area (Å²) in [5.41, 5.74) is 1.04. The number of hydrogen-bond acceptors (Lipinski definition) is 8. The number of aliphatic hydroxyl groups excluding tert-OH is 1. The van der Waals surface area contributed by atoms with Gasteiger partial charge in [0.05, 0.1) is 6.61 Å². The molecular formula is C20H24F6N4O7. The number of alkyl halides is 6. The smallest absolute Gasteiger partial charge is 0.475 e. The second kappa shape index (κ2) is 13.7. The van der Waals surface area contributed by atoms with E-state index >= 15 is 0 Å². The van der Waals surface area contributed by atoms with Crippen molar-refractivity contribution in [3.05, 3.63) is 30.1 Å². The van der Waals surface area contributed by atoms with E-state index in [0.29, 0.717) is 31.8 Å². The van der Waals surface area contributed by atoms with E-state index < -0.39 is 29.9 Å². The van der Waals surface area contributed by atoms with Crippen LogP contribution in [-0.4, -0.2) is 93.0 Å². The predicted octanol–water partition coefficient (Wildman–Crippen LogP) is 1.57. The molecule has 0 bridgehead atoms. The van der Waals surface area contributed by atoms with Crippen LogP contribution in [-0.2, 0) is 25.8 Å². The Kier molecular flexibility index (Phi) is 11.7. The number of aromatic nitrogens is 1. The monoisotopic (exact) mass is 546 g/mol. The lowest BCUT2D eigenvalue weighted by molar-refractivity contribution is -0.193. The van der Waals surface area contributed by atoms with Gasteiger partial charge in [-0.05, 0) is 37.1 Å². The van der Waals surface area contributed by atoms with Crippen LogP contribution in [0.25, 0.3) is 0 Å². The number of β-amino-alcohol motifs (C(OH)–C–C–N with tert-alkyl or cyclic N) is 1. The fourth-order valence-corrected chi connectivity index (χ4v) is 3.17. The average Bonchev–Trinajstić information content (AvgIpc) is 3.21. The van der Waals surface area contributed by atoms with Crippen LogP contribution in [0, 0.1) is 0 Å². The molecule has 1 amide bonds. The fourth-order valence-electron chi connectivity index (χ4n) is 3.17. The Hall–Kier alpha value is -3.47. The SMILES string of the molecule is O=C(NCc1ccncc1)C1=NOC2(CCCN(CCO)C2)C1.O=C(O)C(F)(F)F.O=C(O)C(F)(F)F. The highest BCUT2D eigenvalue weighted by Gasteiger charge is 2.44. The lowest BCUT2D eigenvalue weighted by Gasteiger charge is -2.37. The number of hydrogen-bond donors (Lipinski definition) is 4. The first-order chi connectivity index (χ1) is 17.1. The van der Waals surface area contributed by atoms with E-state index in [9.17, 15) is 31.1 Å². The highest BCUT2D eigenvalue weighted by molar-refractivity contribution is 6.39. The maximum Gasteiger partial charge on any atom is 0.490 e. The minimum Gasteiger partial charge on any atom is -0.475 e. The van der Waals surface area contributed by atoms with Crippen molar-refractivity contribution >= 4 is 23.6 Å². The van der Waals surface area contributed by atoms with Gasteiger partial charge in [-0.25, -0.2) is 9.59 Å².